The third-order valence-corrected chi connectivity index (χ3v) is 8.49. The van der Waals surface area contributed by atoms with Gasteiger partial charge in [0.2, 0.25) is 10.0 Å². The number of carbonyl (C=O) groups is 1. The molecule has 2 N–H and O–H groups in total. The molecule has 5 rings (SSSR count). The Bertz CT molecular complexity index is 1030. The van der Waals surface area contributed by atoms with Gasteiger partial charge in [0.05, 0.1) is 4.90 Å². The van der Waals surface area contributed by atoms with Crippen LogP contribution in [0, 0.1) is 0 Å². The van der Waals surface area contributed by atoms with Crippen molar-refractivity contribution in [2.75, 3.05) is 31.1 Å². The number of rotatable bonds is 6. The second-order valence-corrected chi connectivity index (χ2v) is 10.8. The summed E-state index contributed by atoms with van der Waals surface area (Å²) in [5.41, 5.74) is 1.73. The zero-order valence-electron chi connectivity index (χ0n) is 17.6. The molecule has 31 heavy (non-hydrogen) atoms. The Hall–Kier alpha value is -2.39. The molecule has 2 saturated heterocycles. The molecular formula is C22H29N5O3S. The van der Waals surface area contributed by atoms with Gasteiger partial charge in [-0.2, -0.15) is 9.40 Å². The first-order chi connectivity index (χ1) is 15.0. The number of piperidine rings is 1. The van der Waals surface area contributed by atoms with E-state index >= 15 is 0 Å². The standard InChI is InChI=1S/C22H29N5O3S/c28-22(17-5-7-19(8-6-17)31(29,30)27-11-1-2-12-27)23-18-9-13-26(14-10-18)21-15-20(24-25-21)16-3-4-16/h5-8,15-16,18H,1-4,9-14H2,(H,23,28)(H,24,25). The van der Waals surface area contributed by atoms with Crippen molar-refractivity contribution in [1.82, 2.24) is 19.8 Å². The van der Waals surface area contributed by atoms with Gasteiger partial charge in [-0.15, -0.1) is 0 Å². The van der Waals surface area contributed by atoms with Crippen molar-refractivity contribution >= 4 is 21.7 Å². The Morgan fingerprint density at radius 2 is 1.68 bits per heavy atom. The van der Waals surface area contributed by atoms with Gasteiger partial charge in [-0.1, -0.05) is 0 Å². The highest BCUT2D eigenvalue weighted by molar-refractivity contribution is 7.89. The summed E-state index contributed by atoms with van der Waals surface area (Å²) in [7, 11) is -3.45. The van der Waals surface area contributed by atoms with Crippen molar-refractivity contribution < 1.29 is 13.2 Å². The minimum absolute atomic E-state index is 0.110. The first-order valence-corrected chi connectivity index (χ1v) is 12.7. The summed E-state index contributed by atoms with van der Waals surface area (Å²) < 4.78 is 26.8. The van der Waals surface area contributed by atoms with Crippen LogP contribution in [-0.2, 0) is 10.0 Å². The lowest BCUT2D eigenvalue weighted by atomic mass is 10.0. The van der Waals surface area contributed by atoms with E-state index in [1.165, 1.54) is 22.8 Å². The fourth-order valence-corrected chi connectivity index (χ4v) is 5.99. The van der Waals surface area contributed by atoms with Crippen LogP contribution >= 0.6 is 0 Å². The van der Waals surface area contributed by atoms with Gasteiger partial charge in [-0.05, 0) is 62.8 Å². The molecule has 1 aromatic heterocycles. The largest absolute Gasteiger partial charge is 0.355 e. The lowest BCUT2D eigenvalue weighted by molar-refractivity contribution is 0.0931. The van der Waals surface area contributed by atoms with Crippen LogP contribution in [0.4, 0.5) is 5.82 Å². The average Bonchev–Trinajstić information content (AvgIpc) is 3.27. The van der Waals surface area contributed by atoms with Crippen molar-refractivity contribution in [3.63, 3.8) is 0 Å². The van der Waals surface area contributed by atoms with Gasteiger partial charge < -0.3 is 10.2 Å². The van der Waals surface area contributed by atoms with Crippen LogP contribution in [0.2, 0.25) is 0 Å². The van der Waals surface area contributed by atoms with Crippen LogP contribution in [-0.4, -0.2) is 61.0 Å². The Morgan fingerprint density at radius 3 is 2.32 bits per heavy atom. The molecule has 9 heteroatoms. The van der Waals surface area contributed by atoms with Gasteiger partial charge in [0.25, 0.3) is 5.91 Å². The van der Waals surface area contributed by atoms with Crippen LogP contribution in [0.25, 0.3) is 0 Å². The number of H-pyrrole nitrogens is 1. The van der Waals surface area contributed by atoms with Gasteiger partial charge in [-0.3, -0.25) is 9.89 Å². The molecule has 2 aromatic rings. The maximum absolute atomic E-state index is 12.7. The van der Waals surface area contributed by atoms with Crippen molar-refractivity contribution in [3.05, 3.63) is 41.6 Å². The Labute approximate surface area is 183 Å². The monoisotopic (exact) mass is 443 g/mol. The normalized spacial score (nSPS) is 20.8. The Morgan fingerprint density at radius 1 is 1.00 bits per heavy atom. The third-order valence-electron chi connectivity index (χ3n) is 6.57. The molecule has 0 spiro atoms. The van der Waals surface area contributed by atoms with Crippen molar-refractivity contribution in [2.24, 2.45) is 0 Å². The average molecular weight is 444 g/mol. The number of hydrogen-bond donors (Lipinski definition) is 2. The topological polar surface area (TPSA) is 98.4 Å². The molecule has 1 amide bonds. The summed E-state index contributed by atoms with van der Waals surface area (Å²) >= 11 is 0. The summed E-state index contributed by atoms with van der Waals surface area (Å²) in [5, 5.41) is 10.7. The van der Waals surface area contributed by atoms with E-state index in [9.17, 15) is 13.2 Å². The van der Waals surface area contributed by atoms with E-state index in [4.69, 9.17) is 0 Å². The second kappa shape index (κ2) is 8.27. The number of benzene rings is 1. The van der Waals surface area contributed by atoms with Crippen LogP contribution < -0.4 is 10.2 Å². The highest BCUT2D eigenvalue weighted by Gasteiger charge is 2.29. The molecule has 0 radical (unpaired) electrons. The Kier molecular flexibility index (Phi) is 5.47. The quantitative estimate of drug-likeness (QED) is 0.715. The number of aromatic amines is 1. The SMILES string of the molecule is O=C(NC1CCN(c2cc(C3CC3)[nH]n2)CC1)c1ccc(S(=O)(=O)N2CCCC2)cc1. The third kappa shape index (κ3) is 4.34. The predicted octanol–water partition coefficient (Wildman–Crippen LogP) is 2.47. The molecule has 0 bridgehead atoms. The van der Waals surface area contributed by atoms with Gasteiger partial charge in [0.1, 0.15) is 0 Å². The van der Waals surface area contributed by atoms with Crippen LogP contribution in [0.1, 0.15) is 60.5 Å². The van der Waals surface area contributed by atoms with E-state index in [1.807, 2.05) is 0 Å². The number of hydrogen-bond acceptors (Lipinski definition) is 5. The summed E-state index contributed by atoms with van der Waals surface area (Å²) in [6.07, 6.45) is 6.03. The van der Waals surface area contributed by atoms with E-state index in [0.717, 1.165) is 44.6 Å². The molecule has 1 aliphatic carbocycles. The zero-order chi connectivity index (χ0) is 21.4. The fraction of sp³-hybridized carbons (Fsp3) is 0.545. The lowest BCUT2D eigenvalue weighted by Gasteiger charge is -2.32. The molecule has 0 unspecified atom stereocenters. The van der Waals surface area contributed by atoms with E-state index < -0.39 is 10.0 Å². The number of sulfonamides is 1. The van der Waals surface area contributed by atoms with Crippen LogP contribution in [0.5, 0.6) is 0 Å². The number of aromatic nitrogens is 2. The molecule has 3 aliphatic rings. The number of carbonyl (C=O) groups excluding carboxylic acids is 1. The van der Waals surface area contributed by atoms with Gasteiger partial charge in [-0.25, -0.2) is 8.42 Å². The van der Waals surface area contributed by atoms with Crippen LogP contribution in [0.15, 0.2) is 35.2 Å². The molecule has 3 heterocycles. The number of nitrogens with one attached hydrogen (secondary N) is 2. The molecular weight excluding hydrogens is 414 g/mol. The van der Waals surface area contributed by atoms with E-state index in [-0.39, 0.29) is 16.8 Å². The minimum Gasteiger partial charge on any atom is -0.355 e. The first-order valence-electron chi connectivity index (χ1n) is 11.2. The highest BCUT2D eigenvalue weighted by atomic mass is 32.2. The summed E-state index contributed by atoms with van der Waals surface area (Å²) in [6, 6.07) is 8.57. The lowest BCUT2D eigenvalue weighted by Crippen LogP contribution is -2.44. The van der Waals surface area contributed by atoms with E-state index in [2.05, 4.69) is 26.5 Å². The second-order valence-electron chi connectivity index (χ2n) is 8.83. The zero-order valence-corrected chi connectivity index (χ0v) is 18.4. The minimum atomic E-state index is -3.45. The van der Waals surface area contributed by atoms with Crippen molar-refractivity contribution in [3.8, 4) is 0 Å². The predicted molar refractivity (Wildman–Crippen MR) is 118 cm³/mol. The van der Waals surface area contributed by atoms with Crippen LogP contribution in [0.3, 0.4) is 0 Å². The molecule has 1 saturated carbocycles. The molecule has 2 aliphatic heterocycles. The molecule has 166 valence electrons. The van der Waals surface area contributed by atoms with Crippen molar-refractivity contribution in [1.29, 1.82) is 0 Å². The molecule has 0 atom stereocenters. The van der Waals surface area contributed by atoms with E-state index in [1.54, 1.807) is 24.3 Å². The molecule has 1 aromatic carbocycles. The van der Waals surface area contributed by atoms with Crippen molar-refractivity contribution in [2.45, 2.75) is 55.4 Å². The van der Waals surface area contributed by atoms with Gasteiger partial charge in [0.15, 0.2) is 5.82 Å². The highest BCUT2D eigenvalue weighted by Crippen LogP contribution is 2.40. The summed E-state index contributed by atoms with van der Waals surface area (Å²) in [6.45, 7) is 2.85. The first kappa shape index (κ1) is 20.5. The maximum Gasteiger partial charge on any atom is 0.251 e. The smallest absolute Gasteiger partial charge is 0.251 e. The fourth-order valence-electron chi connectivity index (χ4n) is 4.47. The van der Waals surface area contributed by atoms with Gasteiger partial charge >= 0.3 is 0 Å². The number of anilines is 1. The summed E-state index contributed by atoms with van der Waals surface area (Å²) in [5.74, 6) is 1.51. The summed E-state index contributed by atoms with van der Waals surface area (Å²) in [4.78, 5) is 15.2. The number of amides is 1. The maximum atomic E-state index is 12.7. The molecule has 8 nitrogen and oxygen atoms in total. The molecule has 3 fully saturated rings. The number of nitrogens with zero attached hydrogens (tertiary/aromatic N) is 3. The van der Waals surface area contributed by atoms with E-state index in [0.29, 0.717) is 24.6 Å². The Balaban J connectivity index is 1.15. The van der Waals surface area contributed by atoms with Gasteiger partial charge in [0, 0.05) is 55.5 Å².